The largest absolute Gasteiger partial charge is 0.508 e. The summed E-state index contributed by atoms with van der Waals surface area (Å²) in [5.41, 5.74) is 3.28. The Labute approximate surface area is 89.4 Å². The standard InChI is InChI=1S/C12H15NO2/c1-2-15-13-12-5-3-4-9-8-10(14)6-7-11(9)12/h6-8,14H,2-5H2,1H3/b13-12+. The third-order valence-corrected chi connectivity index (χ3v) is 2.56. The molecule has 1 aliphatic rings. The van der Waals surface area contributed by atoms with Crippen LogP contribution >= 0.6 is 0 Å². The van der Waals surface area contributed by atoms with Gasteiger partial charge in [0, 0.05) is 5.56 Å². The van der Waals surface area contributed by atoms with E-state index in [0.29, 0.717) is 12.4 Å². The quantitative estimate of drug-likeness (QED) is 0.753. The predicted molar refractivity (Wildman–Crippen MR) is 59.2 cm³/mol. The lowest BCUT2D eigenvalue weighted by atomic mass is 9.90. The summed E-state index contributed by atoms with van der Waals surface area (Å²) < 4.78 is 0. The van der Waals surface area contributed by atoms with Crippen LogP contribution in [0.2, 0.25) is 0 Å². The van der Waals surface area contributed by atoms with Crippen LogP contribution in [0.15, 0.2) is 23.4 Å². The van der Waals surface area contributed by atoms with Gasteiger partial charge in [-0.2, -0.15) is 0 Å². The van der Waals surface area contributed by atoms with Gasteiger partial charge in [0.15, 0.2) is 0 Å². The molecule has 3 nitrogen and oxygen atoms in total. The van der Waals surface area contributed by atoms with Crippen LogP contribution in [0.25, 0.3) is 0 Å². The van der Waals surface area contributed by atoms with Crippen molar-refractivity contribution in [2.75, 3.05) is 6.61 Å². The maximum atomic E-state index is 9.38. The Bertz CT molecular complexity index is 385. The molecule has 0 spiro atoms. The lowest BCUT2D eigenvalue weighted by Gasteiger charge is -2.17. The van der Waals surface area contributed by atoms with E-state index in [-0.39, 0.29) is 0 Å². The molecule has 0 aliphatic heterocycles. The van der Waals surface area contributed by atoms with Gasteiger partial charge in [-0.05, 0) is 49.9 Å². The zero-order valence-corrected chi connectivity index (χ0v) is 8.86. The van der Waals surface area contributed by atoms with Crippen molar-refractivity contribution in [1.29, 1.82) is 0 Å². The molecule has 0 heterocycles. The number of aryl methyl sites for hydroxylation is 1. The molecule has 15 heavy (non-hydrogen) atoms. The first-order chi connectivity index (χ1) is 7.31. The molecule has 1 aliphatic carbocycles. The second-order valence-corrected chi connectivity index (χ2v) is 3.65. The number of hydrogen-bond donors (Lipinski definition) is 1. The van der Waals surface area contributed by atoms with Crippen molar-refractivity contribution < 1.29 is 9.94 Å². The molecule has 0 fully saturated rings. The Kier molecular flexibility index (Phi) is 2.90. The van der Waals surface area contributed by atoms with E-state index in [1.165, 1.54) is 5.56 Å². The summed E-state index contributed by atoms with van der Waals surface area (Å²) in [6, 6.07) is 5.43. The number of phenols is 1. The van der Waals surface area contributed by atoms with Crippen LogP contribution in [0.4, 0.5) is 0 Å². The van der Waals surface area contributed by atoms with Crippen LogP contribution in [-0.4, -0.2) is 17.4 Å². The summed E-state index contributed by atoms with van der Waals surface area (Å²) in [6.07, 6.45) is 3.04. The molecule has 1 aromatic rings. The Hall–Kier alpha value is -1.51. The highest BCUT2D eigenvalue weighted by molar-refractivity contribution is 6.02. The first-order valence-corrected chi connectivity index (χ1v) is 5.32. The average molecular weight is 205 g/mol. The van der Waals surface area contributed by atoms with Gasteiger partial charge in [-0.3, -0.25) is 0 Å². The number of fused-ring (bicyclic) bond motifs is 1. The van der Waals surface area contributed by atoms with Crippen LogP contribution in [0.3, 0.4) is 0 Å². The SMILES string of the molecule is CCO/N=C1\CCCc2cc(O)ccc21. The minimum Gasteiger partial charge on any atom is -0.508 e. The third kappa shape index (κ3) is 2.12. The zero-order valence-electron chi connectivity index (χ0n) is 8.86. The maximum Gasteiger partial charge on any atom is 0.115 e. The van der Waals surface area contributed by atoms with Crippen molar-refractivity contribution in [1.82, 2.24) is 0 Å². The van der Waals surface area contributed by atoms with E-state index in [1.807, 2.05) is 19.1 Å². The Morgan fingerprint density at radius 3 is 3.07 bits per heavy atom. The Morgan fingerprint density at radius 1 is 1.40 bits per heavy atom. The van der Waals surface area contributed by atoms with Gasteiger partial charge < -0.3 is 9.94 Å². The minimum absolute atomic E-state index is 0.325. The van der Waals surface area contributed by atoms with E-state index in [2.05, 4.69) is 5.16 Å². The minimum atomic E-state index is 0.325. The summed E-state index contributed by atoms with van der Waals surface area (Å²) >= 11 is 0. The van der Waals surface area contributed by atoms with Crippen molar-refractivity contribution >= 4 is 5.71 Å². The van der Waals surface area contributed by atoms with E-state index in [9.17, 15) is 5.11 Å². The smallest absolute Gasteiger partial charge is 0.115 e. The fraction of sp³-hybridized carbons (Fsp3) is 0.417. The number of nitrogens with zero attached hydrogens (tertiary/aromatic N) is 1. The lowest BCUT2D eigenvalue weighted by Crippen LogP contribution is -2.12. The summed E-state index contributed by atoms with van der Waals surface area (Å²) in [7, 11) is 0. The summed E-state index contributed by atoms with van der Waals surface area (Å²) in [5, 5.41) is 13.5. The van der Waals surface area contributed by atoms with Crippen LogP contribution in [0.1, 0.15) is 30.9 Å². The number of phenolic OH excluding ortho intramolecular Hbond substituents is 1. The highest BCUT2D eigenvalue weighted by Gasteiger charge is 2.16. The maximum absolute atomic E-state index is 9.38. The molecular weight excluding hydrogens is 190 g/mol. The van der Waals surface area contributed by atoms with Gasteiger partial charge in [-0.15, -0.1) is 0 Å². The highest BCUT2D eigenvalue weighted by atomic mass is 16.6. The molecular formula is C12H15NO2. The summed E-state index contributed by atoms with van der Waals surface area (Å²) in [6.45, 7) is 2.52. The third-order valence-electron chi connectivity index (χ3n) is 2.56. The molecule has 0 bridgehead atoms. The zero-order chi connectivity index (χ0) is 10.7. The van der Waals surface area contributed by atoms with E-state index in [4.69, 9.17) is 4.84 Å². The molecule has 1 N–H and O–H groups in total. The monoisotopic (exact) mass is 205 g/mol. The van der Waals surface area contributed by atoms with Gasteiger partial charge in [0.2, 0.25) is 0 Å². The molecule has 3 heteroatoms. The number of oxime groups is 1. The summed E-state index contributed by atoms with van der Waals surface area (Å²) in [4.78, 5) is 5.09. The van der Waals surface area contributed by atoms with Gasteiger partial charge in [0.05, 0.1) is 5.71 Å². The Morgan fingerprint density at radius 2 is 2.27 bits per heavy atom. The van der Waals surface area contributed by atoms with Crippen LogP contribution in [0.5, 0.6) is 5.75 Å². The van der Waals surface area contributed by atoms with Crippen LogP contribution in [0, 0.1) is 0 Å². The molecule has 0 radical (unpaired) electrons. The average Bonchev–Trinajstić information content (AvgIpc) is 2.25. The second-order valence-electron chi connectivity index (χ2n) is 3.65. The molecule has 80 valence electrons. The molecule has 0 amide bonds. The van der Waals surface area contributed by atoms with Crippen molar-refractivity contribution in [3.05, 3.63) is 29.3 Å². The molecule has 0 atom stereocenters. The lowest BCUT2D eigenvalue weighted by molar-refractivity contribution is 0.158. The first-order valence-electron chi connectivity index (χ1n) is 5.32. The van der Waals surface area contributed by atoms with Crippen molar-refractivity contribution in [2.45, 2.75) is 26.2 Å². The molecule has 2 rings (SSSR count). The highest BCUT2D eigenvalue weighted by Crippen LogP contribution is 2.25. The normalized spacial score (nSPS) is 17.5. The van der Waals surface area contributed by atoms with Crippen LogP contribution < -0.4 is 0 Å². The van der Waals surface area contributed by atoms with Gasteiger partial charge in [0.25, 0.3) is 0 Å². The van der Waals surface area contributed by atoms with Gasteiger partial charge in [0.1, 0.15) is 12.4 Å². The predicted octanol–water partition coefficient (Wildman–Crippen LogP) is 2.47. The van der Waals surface area contributed by atoms with E-state index in [1.54, 1.807) is 6.07 Å². The fourth-order valence-electron chi connectivity index (χ4n) is 1.89. The van der Waals surface area contributed by atoms with Crippen molar-refractivity contribution in [2.24, 2.45) is 5.16 Å². The second kappa shape index (κ2) is 4.34. The number of hydrogen-bond acceptors (Lipinski definition) is 3. The molecule has 0 saturated heterocycles. The molecule has 0 unspecified atom stereocenters. The molecule has 1 aromatic carbocycles. The number of benzene rings is 1. The topological polar surface area (TPSA) is 41.8 Å². The van der Waals surface area contributed by atoms with Gasteiger partial charge in [-0.25, -0.2) is 0 Å². The molecule has 0 aromatic heterocycles. The summed E-state index contributed by atoms with van der Waals surface area (Å²) in [5.74, 6) is 0.325. The van der Waals surface area contributed by atoms with E-state index >= 15 is 0 Å². The van der Waals surface area contributed by atoms with E-state index < -0.39 is 0 Å². The Balaban J connectivity index is 2.34. The molecule has 0 saturated carbocycles. The number of rotatable bonds is 2. The van der Waals surface area contributed by atoms with Crippen LogP contribution in [-0.2, 0) is 11.3 Å². The van der Waals surface area contributed by atoms with Crippen molar-refractivity contribution in [3.8, 4) is 5.75 Å². The number of aromatic hydroxyl groups is 1. The van der Waals surface area contributed by atoms with Gasteiger partial charge >= 0.3 is 0 Å². The first kappa shape index (κ1) is 10.0. The fourth-order valence-corrected chi connectivity index (χ4v) is 1.89. The van der Waals surface area contributed by atoms with E-state index in [0.717, 1.165) is 30.5 Å². The van der Waals surface area contributed by atoms with Gasteiger partial charge in [-0.1, -0.05) is 5.16 Å². The van der Waals surface area contributed by atoms with Crippen molar-refractivity contribution in [3.63, 3.8) is 0 Å².